The Hall–Kier alpha value is -3.61. The van der Waals surface area contributed by atoms with Crippen LogP contribution >= 0.6 is 0 Å². The molecule has 1 heterocycles. The van der Waals surface area contributed by atoms with Crippen molar-refractivity contribution in [3.05, 3.63) is 71.3 Å². The Bertz CT molecular complexity index is 1050. The standard InChI is InChI=1S/C26H28N2O5/c1-2-18(15-24(29)28-13-11-17(12-14-28)25(30)31)27-26(32)33-16-23-21-9-5-3-7-19(21)20-8-4-6-10-22(20)23/h3-11,18,23H,2,12-16H2,1H3,(H,27,32)(H,30,31)/t18-/m1/s1. The van der Waals surface area contributed by atoms with E-state index in [0.29, 0.717) is 25.0 Å². The van der Waals surface area contributed by atoms with Crippen molar-refractivity contribution < 1.29 is 24.2 Å². The van der Waals surface area contributed by atoms with Gasteiger partial charge >= 0.3 is 12.1 Å². The van der Waals surface area contributed by atoms with E-state index in [0.717, 1.165) is 11.1 Å². The summed E-state index contributed by atoms with van der Waals surface area (Å²) in [7, 11) is 0. The Balaban J connectivity index is 1.32. The molecule has 7 nitrogen and oxygen atoms in total. The van der Waals surface area contributed by atoms with Crippen molar-refractivity contribution in [3.8, 4) is 11.1 Å². The van der Waals surface area contributed by atoms with Crippen LogP contribution in [-0.2, 0) is 14.3 Å². The van der Waals surface area contributed by atoms with Crippen molar-refractivity contribution in [2.24, 2.45) is 0 Å². The highest BCUT2D eigenvalue weighted by Crippen LogP contribution is 2.44. The lowest BCUT2D eigenvalue weighted by Crippen LogP contribution is -2.42. The fourth-order valence-electron chi connectivity index (χ4n) is 4.53. The third kappa shape index (κ3) is 4.92. The highest BCUT2D eigenvalue weighted by Gasteiger charge is 2.29. The number of aliphatic carboxylic acids is 1. The molecule has 2 N–H and O–H groups in total. The molecule has 4 rings (SSSR count). The third-order valence-corrected chi connectivity index (χ3v) is 6.42. The van der Waals surface area contributed by atoms with Crippen LogP contribution in [0.4, 0.5) is 4.79 Å². The Morgan fingerprint density at radius 1 is 1.09 bits per heavy atom. The number of alkyl carbamates (subject to hydrolysis) is 1. The van der Waals surface area contributed by atoms with E-state index in [-0.39, 0.29) is 37.4 Å². The molecule has 0 bridgehead atoms. The van der Waals surface area contributed by atoms with Gasteiger partial charge in [0.15, 0.2) is 0 Å². The van der Waals surface area contributed by atoms with Crippen LogP contribution in [0.3, 0.4) is 0 Å². The smallest absolute Gasteiger partial charge is 0.407 e. The quantitative estimate of drug-likeness (QED) is 0.669. The van der Waals surface area contributed by atoms with Crippen LogP contribution in [0.2, 0.25) is 0 Å². The second-order valence-corrected chi connectivity index (χ2v) is 8.40. The number of carbonyl (C=O) groups is 3. The molecular weight excluding hydrogens is 420 g/mol. The minimum atomic E-state index is -0.939. The first-order valence-electron chi connectivity index (χ1n) is 11.3. The van der Waals surface area contributed by atoms with Crippen molar-refractivity contribution >= 4 is 18.0 Å². The van der Waals surface area contributed by atoms with E-state index >= 15 is 0 Å². The van der Waals surface area contributed by atoms with Crippen molar-refractivity contribution in [2.45, 2.75) is 38.1 Å². The van der Waals surface area contributed by atoms with E-state index in [4.69, 9.17) is 9.84 Å². The lowest BCUT2D eigenvalue weighted by Gasteiger charge is -2.27. The number of hydrogen-bond acceptors (Lipinski definition) is 4. The molecular formula is C26H28N2O5. The predicted octanol–water partition coefficient (Wildman–Crippen LogP) is 3.94. The number of carbonyl (C=O) groups excluding carboxylic acids is 2. The van der Waals surface area contributed by atoms with Gasteiger partial charge in [-0.2, -0.15) is 0 Å². The molecule has 2 aromatic rings. The van der Waals surface area contributed by atoms with Crippen LogP contribution in [-0.4, -0.2) is 53.7 Å². The highest BCUT2D eigenvalue weighted by atomic mass is 16.5. The summed E-state index contributed by atoms with van der Waals surface area (Å²) in [5.41, 5.74) is 4.96. The van der Waals surface area contributed by atoms with Crippen LogP contribution in [0.5, 0.6) is 0 Å². The number of benzene rings is 2. The second-order valence-electron chi connectivity index (χ2n) is 8.40. The zero-order valence-electron chi connectivity index (χ0n) is 18.6. The van der Waals surface area contributed by atoms with Gasteiger partial charge in [0.2, 0.25) is 5.91 Å². The number of ether oxygens (including phenoxy) is 1. The van der Waals surface area contributed by atoms with Gasteiger partial charge in [-0.25, -0.2) is 9.59 Å². The maximum atomic E-state index is 12.6. The van der Waals surface area contributed by atoms with Crippen LogP contribution in [0.15, 0.2) is 60.2 Å². The molecule has 0 radical (unpaired) electrons. The molecule has 0 unspecified atom stereocenters. The van der Waals surface area contributed by atoms with Crippen LogP contribution in [0.1, 0.15) is 43.2 Å². The normalized spacial score (nSPS) is 15.8. The predicted molar refractivity (Wildman–Crippen MR) is 124 cm³/mol. The number of nitrogens with zero attached hydrogens (tertiary/aromatic N) is 1. The number of nitrogens with one attached hydrogen (secondary N) is 1. The summed E-state index contributed by atoms with van der Waals surface area (Å²) < 4.78 is 5.59. The van der Waals surface area contributed by atoms with E-state index in [9.17, 15) is 14.4 Å². The van der Waals surface area contributed by atoms with Crippen molar-refractivity contribution in [2.75, 3.05) is 19.7 Å². The number of carboxylic acid groups (broad SMARTS) is 1. The SMILES string of the molecule is CC[C@H](CC(=O)N1CC=C(C(=O)O)CC1)NC(=O)OCC1c2ccccc2-c2ccccc21. The van der Waals surface area contributed by atoms with Crippen LogP contribution < -0.4 is 5.32 Å². The van der Waals surface area contributed by atoms with Gasteiger partial charge < -0.3 is 20.1 Å². The molecule has 2 amide bonds. The fraction of sp³-hybridized carbons (Fsp3) is 0.346. The minimum absolute atomic E-state index is 0.0200. The van der Waals surface area contributed by atoms with E-state index in [1.165, 1.54) is 11.1 Å². The summed E-state index contributed by atoms with van der Waals surface area (Å²) in [6, 6.07) is 16.0. The summed E-state index contributed by atoms with van der Waals surface area (Å²) in [4.78, 5) is 37.8. The molecule has 1 atom stereocenters. The number of carboxylic acids is 1. The Kier molecular flexibility index (Phi) is 6.77. The van der Waals surface area contributed by atoms with Gasteiger partial charge in [0.05, 0.1) is 0 Å². The first-order valence-corrected chi connectivity index (χ1v) is 11.3. The number of hydrogen-bond donors (Lipinski definition) is 2. The Morgan fingerprint density at radius 3 is 2.27 bits per heavy atom. The van der Waals surface area contributed by atoms with Gasteiger partial charge in [0.1, 0.15) is 6.61 Å². The van der Waals surface area contributed by atoms with E-state index in [1.54, 1.807) is 11.0 Å². The van der Waals surface area contributed by atoms with E-state index < -0.39 is 12.1 Å². The van der Waals surface area contributed by atoms with Crippen molar-refractivity contribution in [1.82, 2.24) is 10.2 Å². The zero-order valence-corrected chi connectivity index (χ0v) is 18.6. The molecule has 172 valence electrons. The maximum absolute atomic E-state index is 12.6. The first kappa shape index (κ1) is 22.6. The molecule has 1 aliphatic heterocycles. The van der Waals surface area contributed by atoms with Gasteiger partial charge in [0.25, 0.3) is 0 Å². The molecule has 0 saturated heterocycles. The average molecular weight is 449 g/mol. The average Bonchev–Trinajstić information content (AvgIpc) is 3.16. The number of amides is 2. The summed E-state index contributed by atoms with van der Waals surface area (Å²) in [6.45, 7) is 2.78. The molecule has 7 heteroatoms. The summed E-state index contributed by atoms with van der Waals surface area (Å²) in [6.07, 6.45) is 2.10. The fourth-order valence-corrected chi connectivity index (χ4v) is 4.53. The van der Waals surface area contributed by atoms with Gasteiger partial charge in [-0.1, -0.05) is 61.5 Å². The monoisotopic (exact) mass is 448 g/mol. The Labute approximate surface area is 193 Å². The third-order valence-electron chi connectivity index (χ3n) is 6.42. The topological polar surface area (TPSA) is 95.9 Å². The Morgan fingerprint density at radius 2 is 1.73 bits per heavy atom. The molecule has 0 spiro atoms. The van der Waals surface area contributed by atoms with Gasteiger partial charge in [-0.15, -0.1) is 0 Å². The van der Waals surface area contributed by atoms with E-state index in [1.807, 2.05) is 31.2 Å². The molecule has 0 fully saturated rings. The highest BCUT2D eigenvalue weighted by molar-refractivity contribution is 5.87. The van der Waals surface area contributed by atoms with Gasteiger partial charge in [0, 0.05) is 37.0 Å². The van der Waals surface area contributed by atoms with Gasteiger partial charge in [-0.3, -0.25) is 4.79 Å². The number of fused-ring (bicyclic) bond motifs is 3. The summed E-state index contributed by atoms with van der Waals surface area (Å²) in [5, 5.41) is 11.9. The second kappa shape index (κ2) is 9.90. The molecule has 0 saturated carbocycles. The zero-order chi connectivity index (χ0) is 23.4. The molecule has 1 aliphatic carbocycles. The van der Waals surface area contributed by atoms with E-state index in [2.05, 4.69) is 29.6 Å². The number of rotatable bonds is 7. The van der Waals surface area contributed by atoms with Crippen molar-refractivity contribution in [3.63, 3.8) is 0 Å². The summed E-state index contributed by atoms with van der Waals surface area (Å²) in [5.74, 6) is -1.07. The molecule has 0 aromatic heterocycles. The van der Waals surface area contributed by atoms with Crippen molar-refractivity contribution in [1.29, 1.82) is 0 Å². The summed E-state index contributed by atoms with van der Waals surface area (Å²) >= 11 is 0. The van der Waals surface area contributed by atoms with Gasteiger partial charge in [-0.05, 0) is 35.1 Å². The molecule has 2 aliphatic rings. The van der Waals surface area contributed by atoms with Crippen LogP contribution in [0, 0.1) is 0 Å². The van der Waals surface area contributed by atoms with Crippen LogP contribution in [0.25, 0.3) is 11.1 Å². The largest absolute Gasteiger partial charge is 0.478 e. The maximum Gasteiger partial charge on any atom is 0.407 e. The molecule has 33 heavy (non-hydrogen) atoms. The lowest BCUT2D eigenvalue weighted by molar-refractivity contribution is -0.135. The minimum Gasteiger partial charge on any atom is -0.478 e. The molecule has 2 aromatic carbocycles. The first-order chi connectivity index (χ1) is 16.0. The lowest BCUT2D eigenvalue weighted by atomic mass is 9.98.